The van der Waals surface area contributed by atoms with E-state index in [1.807, 2.05) is 4.90 Å². The maximum atomic E-state index is 12.9. The summed E-state index contributed by atoms with van der Waals surface area (Å²) in [6.07, 6.45) is -0.335. The molecule has 3 aliphatic rings. The average molecular weight is 500 g/mol. The fourth-order valence-electron chi connectivity index (χ4n) is 4.26. The number of esters is 1. The van der Waals surface area contributed by atoms with Crippen LogP contribution in [0, 0.1) is 0 Å². The zero-order valence-electron chi connectivity index (χ0n) is 18.5. The molecule has 9 nitrogen and oxygen atoms in total. The largest absolute Gasteiger partial charge is 0.451 e. The van der Waals surface area contributed by atoms with Gasteiger partial charge in [0.2, 0.25) is 11.7 Å². The Labute approximate surface area is 200 Å². The van der Waals surface area contributed by atoms with Crippen molar-refractivity contribution < 1.29 is 27.5 Å². The van der Waals surface area contributed by atoms with E-state index in [1.165, 1.54) is 25.6 Å². The smallest absolute Gasteiger partial charge is 0.338 e. The number of ketones is 1. The van der Waals surface area contributed by atoms with Crippen LogP contribution in [0.3, 0.4) is 0 Å². The quantitative estimate of drug-likeness (QED) is 0.466. The molecule has 34 heavy (non-hydrogen) atoms. The fraction of sp³-hybridized carbons (Fsp3) is 0.304. The number of Topliss-reactive ketones (excluding diaryl/α,β-unsaturated/α-hetero) is 1. The number of amidine groups is 1. The van der Waals surface area contributed by atoms with Gasteiger partial charge in [0, 0.05) is 36.2 Å². The Hall–Kier alpha value is -3.18. The number of rotatable bonds is 4. The standard InChI is InChI=1S/C23H21N3O6S2/c1-13(21(28)16-3-5-18-15(11-16)7-8-25(18)14(2)27)32-22(29)17-4-6-19-20(12-17)33-23-24-34(30,31)10-9-26(19)23/h3-6,11-13H,7-10H2,1-2H3. The van der Waals surface area contributed by atoms with Gasteiger partial charge in [-0.25, -0.2) is 13.2 Å². The molecule has 0 aliphatic carbocycles. The molecule has 2 aromatic carbocycles. The maximum absolute atomic E-state index is 12.9. The van der Waals surface area contributed by atoms with E-state index < -0.39 is 22.1 Å². The number of benzene rings is 2. The normalized spacial score (nSPS) is 18.5. The first kappa shape index (κ1) is 22.6. The molecule has 0 fully saturated rings. The lowest BCUT2D eigenvalue weighted by molar-refractivity contribution is -0.116. The van der Waals surface area contributed by atoms with Gasteiger partial charge < -0.3 is 14.5 Å². The second-order valence-corrected chi connectivity index (χ2v) is 11.0. The molecule has 0 saturated heterocycles. The van der Waals surface area contributed by atoms with Crippen molar-refractivity contribution >= 4 is 56.0 Å². The third-order valence-corrected chi connectivity index (χ3v) is 8.31. The molecule has 2 aromatic rings. The molecule has 0 N–H and O–H groups in total. The summed E-state index contributed by atoms with van der Waals surface area (Å²) in [6, 6.07) is 10.1. The van der Waals surface area contributed by atoms with Crippen LogP contribution in [-0.2, 0) is 26.0 Å². The van der Waals surface area contributed by atoms with Crippen LogP contribution in [-0.4, -0.2) is 56.2 Å². The van der Waals surface area contributed by atoms with Gasteiger partial charge in [0.1, 0.15) is 0 Å². The summed E-state index contributed by atoms with van der Waals surface area (Å²) in [7, 11) is -3.47. The second-order valence-electron chi connectivity index (χ2n) is 8.27. The minimum atomic E-state index is -3.47. The van der Waals surface area contributed by atoms with Crippen molar-refractivity contribution in [2.45, 2.75) is 31.3 Å². The number of thioether (sulfide) groups is 1. The van der Waals surface area contributed by atoms with Gasteiger partial charge >= 0.3 is 5.97 Å². The molecule has 1 unspecified atom stereocenters. The van der Waals surface area contributed by atoms with E-state index >= 15 is 0 Å². The summed E-state index contributed by atoms with van der Waals surface area (Å²) in [5.74, 6) is -1.08. The van der Waals surface area contributed by atoms with Crippen LogP contribution in [0.5, 0.6) is 0 Å². The Morgan fingerprint density at radius 2 is 1.79 bits per heavy atom. The molecule has 0 bridgehead atoms. The van der Waals surface area contributed by atoms with Gasteiger partial charge in [-0.15, -0.1) is 4.40 Å². The summed E-state index contributed by atoms with van der Waals surface area (Å²) in [6.45, 7) is 3.92. The minimum absolute atomic E-state index is 0.0441. The number of ether oxygens (including phenoxy) is 1. The molecule has 11 heteroatoms. The number of sulfonamides is 1. The molecule has 0 spiro atoms. The van der Waals surface area contributed by atoms with Crippen molar-refractivity contribution in [1.82, 2.24) is 0 Å². The molecular formula is C23H21N3O6S2. The average Bonchev–Trinajstić information content (AvgIpc) is 3.37. The van der Waals surface area contributed by atoms with E-state index in [0.29, 0.717) is 35.1 Å². The third kappa shape index (κ3) is 3.98. The molecule has 0 radical (unpaired) electrons. The number of amides is 1. The molecule has 3 aliphatic heterocycles. The fourth-order valence-corrected chi connectivity index (χ4v) is 6.55. The Kier molecular flexibility index (Phi) is 5.48. The number of hydrogen-bond acceptors (Lipinski definition) is 8. The number of fused-ring (bicyclic) bond motifs is 4. The monoisotopic (exact) mass is 499 g/mol. The summed E-state index contributed by atoms with van der Waals surface area (Å²) in [5.41, 5.74) is 3.19. The maximum Gasteiger partial charge on any atom is 0.338 e. The topological polar surface area (TPSA) is 113 Å². The molecule has 176 valence electrons. The van der Waals surface area contributed by atoms with Crippen molar-refractivity contribution in [3.05, 3.63) is 53.1 Å². The van der Waals surface area contributed by atoms with Crippen molar-refractivity contribution in [2.24, 2.45) is 4.40 Å². The van der Waals surface area contributed by atoms with Crippen LogP contribution in [0.15, 0.2) is 45.7 Å². The molecule has 1 atom stereocenters. The number of anilines is 2. The highest BCUT2D eigenvalue weighted by Crippen LogP contribution is 2.42. The highest BCUT2D eigenvalue weighted by molar-refractivity contribution is 8.15. The highest BCUT2D eigenvalue weighted by Gasteiger charge is 2.34. The van der Waals surface area contributed by atoms with Crippen molar-refractivity contribution in [3.63, 3.8) is 0 Å². The van der Waals surface area contributed by atoms with E-state index in [1.54, 1.807) is 41.3 Å². The zero-order chi connectivity index (χ0) is 24.2. The van der Waals surface area contributed by atoms with Crippen molar-refractivity contribution in [3.8, 4) is 0 Å². The van der Waals surface area contributed by atoms with Gasteiger partial charge in [-0.05, 0) is 67.1 Å². The molecule has 0 aromatic heterocycles. The second kappa shape index (κ2) is 8.24. The summed E-state index contributed by atoms with van der Waals surface area (Å²) in [5, 5.41) is 0.371. The van der Waals surface area contributed by atoms with Crippen LogP contribution in [0.1, 0.15) is 40.1 Å². The summed E-state index contributed by atoms with van der Waals surface area (Å²) in [4.78, 5) is 41.6. The van der Waals surface area contributed by atoms with Crippen LogP contribution in [0.4, 0.5) is 11.4 Å². The lowest BCUT2D eigenvalue weighted by Crippen LogP contribution is -2.35. The molecular weight excluding hydrogens is 478 g/mol. The van der Waals surface area contributed by atoms with Crippen LogP contribution in [0.2, 0.25) is 0 Å². The highest BCUT2D eigenvalue weighted by atomic mass is 32.2. The Morgan fingerprint density at radius 3 is 2.56 bits per heavy atom. The van der Waals surface area contributed by atoms with E-state index in [9.17, 15) is 22.8 Å². The Morgan fingerprint density at radius 1 is 1.06 bits per heavy atom. The van der Waals surface area contributed by atoms with Gasteiger partial charge in [-0.2, -0.15) is 0 Å². The van der Waals surface area contributed by atoms with Crippen molar-refractivity contribution in [1.29, 1.82) is 0 Å². The van der Waals surface area contributed by atoms with Gasteiger partial charge in [0.25, 0.3) is 10.0 Å². The summed E-state index contributed by atoms with van der Waals surface area (Å²) < 4.78 is 32.8. The lowest BCUT2D eigenvalue weighted by atomic mass is 10.0. The molecule has 3 heterocycles. The van der Waals surface area contributed by atoms with Crippen molar-refractivity contribution in [2.75, 3.05) is 28.6 Å². The number of hydrogen-bond donors (Lipinski definition) is 0. The zero-order valence-corrected chi connectivity index (χ0v) is 20.1. The predicted octanol–water partition coefficient (Wildman–Crippen LogP) is 2.64. The molecule has 0 saturated carbocycles. The molecule has 5 rings (SSSR count). The first-order chi connectivity index (χ1) is 16.1. The first-order valence-electron chi connectivity index (χ1n) is 10.7. The number of carbonyl (C=O) groups excluding carboxylic acids is 3. The number of carbonyl (C=O) groups is 3. The van der Waals surface area contributed by atoms with Gasteiger partial charge in [0.05, 0.1) is 17.0 Å². The number of nitrogens with zero attached hydrogens (tertiary/aromatic N) is 3. The van der Waals surface area contributed by atoms with E-state index in [-0.39, 0.29) is 23.0 Å². The third-order valence-electron chi connectivity index (χ3n) is 6.00. The minimum Gasteiger partial charge on any atom is -0.451 e. The van der Waals surface area contributed by atoms with Crippen LogP contribution >= 0.6 is 11.8 Å². The predicted molar refractivity (Wildman–Crippen MR) is 128 cm³/mol. The summed E-state index contributed by atoms with van der Waals surface area (Å²) >= 11 is 1.18. The lowest BCUT2D eigenvalue weighted by Gasteiger charge is -2.22. The van der Waals surface area contributed by atoms with Gasteiger partial charge in [-0.3, -0.25) is 9.59 Å². The van der Waals surface area contributed by atoms with E-state index in [4.69, 9.17) is 4.74 Å². The Balaban J connectivity index is 1.29. The first-order valence-corrected chi connectivity index (χ1v) is 13.1. The molecule has 1 amide bonds. The van der Waals surface area contributed by atoms with Gasteiger partial charge in [-0.1, -0.05) is 0 Å². The van der Waals surface area contributed by atoms with E-state index in [2.05, 4.69) is 4.40 Å². The SMILES string of the molecule is CC(=O)N1CCc2cc(C(=O)C(C)OC(=O)c3ccc4c(c3)SC3=NS(=O)(=O)CCN34)ccc21. The van der Waals surface area contributed by atoms with Crippen LogP contribution < -0.4 is 9.80 Å². The van der Waals surface area contributed by atoms with E-state index in [0.717, 1.165) is 16.9 Å². The van der Waals surface area contributed by atoms with Gasteiger partial charge in [0.15, 0.2) is 11.3 Å². The van der Waals surface area contributed by atoms with Crippen LogP contribution in [0.25, 0.3) is 0 Å². The Bertz CT molecular complexity index is 1390.